The first-order chi connectivity index (χ1) is 11.4. The number of thiocarbonyl (C=S) groups is 1. The van der Waals surface area contributed by atoms with Crippen LogP contribution < -0.4 is 5.32 Å². The first-order valence-electron chi connectivity index (χ1n) is 8.11. The van der Waals surface area contributed by atoms with E-state index in [1.165, 1.54) is 6.33 Å². The highest BCUT2D eigenvalue weighted by Crippen LogP contribution is 2.13. The molecule has 7 nitrogen and oxygen atoms in total. The third-order valence-corrected chi connectivity index (χ3v) is 3.11. The van der Waals surface area contributed by atoms with E-state index in [1.54, 1.807) is 58.5 Å². The van der Waals surface area contributed by atoms with Gasteiger partial charge in [0.15, 0.2) is 5.11 Å². The summed E-state index contributed by atoms with van der Waals surface area (Å²) in [7, 11) is 0. The van der Waals surface area contributed by atoms with E-state index in [1.807, 2.05) is 0 Å². The number of aromatic nitrogens is 2. The van der Waals surface area contributed by atoms with Gasteiger partial charge in [-0.15, -0.1) is 0 Å². The molecule has 0 saturated heterocycles. The third-order valence-electron chi connectivity index (χ3n) is 2.79. The summed E-state index contributed by atoms with van der Waals surface area (Å²) in [6.07, 6.45) is 5.04. The van der Waals surface area contributed by atoms with Crippen LogP contribution in [0.2, 0.25) is 0 Å². The summed E-state index contributed by atoms with van der Waals surface area (Å²) < 4.78 is 12.3. The number of carbonyl (C=O) groups excluding carboxylic acids is 2. The highest BCUT2D eigenvalue weighted by molar-refractivity contribution is 7.80. The van der Waals surface area contributed by atoms with E-state index >= 15 is 0 Å². The number of hydrogen-bond acceptors (Lipinski definition) is 6. The zero-order valence-electron chi connectivity index (χ0n) is 15.7. The van der Waals surface area contributed by atoms with Crippen LogP contribution in [0.4, 0.5) is 0 Å². The summed E-state index contributed by atoms with van der Waals surface area (Å²) in [5.41, 5.74) is -1.21. The molecule has 0 aliphatic rings. The topological polar surface area (TPSA) is 82.5 Å². The summed E-state index contributed by atoms with van der Waals surface area (Å²) >= 11 is 5.27. The van der Waals surface area contributed by atoms with Crippen molar-refractivity contribution in [3.05, 3.63) is 18.7 Å². The predicted octanol–water partition coefficient (Wildman–Crippen LogP) is 2.44. The number of esters is 2. The van der Waals surface area contributed by atoms with Crippen LogP contribution in [-0.2, 0) is 19.1 Å². The molecule has 0 aliphatic carbocycles. The molecular formula is C17H27N3O4S. The van der Waals surface area contributed by atoms with Gasteiger partial charge in [-0.05, 0) is 60.2 Å². The van der Waals surface area contributed by atoms with Gasteiger partial charge in [-0.2, -0.15) is 0 Å². The van der Waals surface area contributed by atoms with Crippen LogP contribution in [0.1, 0.15) is 54.4 Å². The van der Waals surface area contributed by atoms with E-state index in [0.29, 0.717) is 5.11 Å². The van der Waals surface area contributed by atoms with Crippen molar-refractivity contribution in [3.8, 4) is 0 Å². The lowest BCUT2D eigenvalue weighted by Crippen LogP contribution is -2.45. The molecule has 8 heteroatoms. The van der Waals surface area contributed by atoms with Crippen molar-refractivity contribution in [2.75, 3.05) is 0 Å². The Morgan fingerprint density at radius 1 is 1.16 bits per heavy atom. The molecule has 0 bridgehead atoms. The number of carbonyl (C=O) groups is 2. The van der Waals surface area contributed by atoms with E-state index < -0.39 is 23.2 Å². The second-order valence-electron chi connectivity index (χ2n) is 7.63. The van der Waals surface area contributed by atoms with Gasteiger partial charge in [0.1, 0.15) is 23.6 Å². The van der Waals surface area contributed by atoms with Crippen LogP contribution in [0, 0.1) is 0 Å². The van der Waals surface area contributed by atoms with Gasteiger partial charge in [0, 0.05) is 18.8 Å². The van der Waals surface area contributed by atoms with E-state index in [4.69, 9.17) is 21.7 Å². The molecule has 1 N–H and O–H groups in total. The maximum Gasteiger partial charge on any atom is 0.329 e. The second kappa shape index (κ2) is 8.42. The van der Waals surface area contributed by atoms with Gasteiger partial charge in [0.2, 0.25) is 0 Å². The summed E-state index contributed by atoms with van der Waals surface area (Å²) in [6, 6.07) is -0.762. The monoisotopic (exact) mass is 369 g/mol. The van der Waals surface area contributed by atoms with Gasteiger partial charge in [-0.25, -0.2) is 9.78 Å². The van der Waals surface area contributed by atoms with Crippen LogP contribution in [0.5, 0.6) is 0 Å². The molecule has 0 aromatic carbocycles. The van der Waals surface area contributed by atoms with Gasteiger partial charge in [-0.1, -0.05) is 0 Å². The first kappa shape index (κ1) is 21.1. The minimum Gasteiger partial charge on any atom is -0.460 e. The molecule has 0 amide bonds. The molecule has 1 heterocycles. The largest absolute Gasteiger partial charge is 0.460 e. The summed E-state index contributed by atoms with van der Waals surface area (Å²) in [5, 5.41) is 3.24. The zero-order chi connectivity index (χ0) is 19.3. The van der Waals surface area contributed by atoms with E-state index in [2.05, 4.69) is 10.3 Å². The molecule has 0 fully saturated rings. The predicted molar refractivity (Wildman–Crippen MR) is 98.1 cm³/mol. The molecule has 1 atom stereocenters. The smallest absolute Gasteiger partial charge is 0.329 e. The van der Waals surface area contributed by atoms with Crippen LogP contribution in [-0.4, -0.2) is 43.8 Å². The number of nitrogens with zero attached hydrogens (tertiary/aromatic N) is 2. The minimum atomic E-state index is -0.762. The Kier molecular flexibility index (Phi) is 7.10. The molecule has 1 rings (SSSR count). The van der Waals surface area contributed by atoms with Crippen LogP contribution in [0.3, 0.4) is 0 Å². The van der Waals surface area contributed by atoms with Crippen molar-refractivity contribution in [1.29, 1.82) is 0 Å². The van der Waals surface area contributed by atoms with Crippen molar-refractivity contribution < 1.29 is 19.1 Å². The van der Waals surface area contributed by atoms with Gasteiger partial charge in [-0.3, -0.25) is 9.36 Å². The molecule has 1 aromatic heterocycles. The Labute approximate surface area is 154 Å². The molecule has 1 aromatic rings. The van der Waals surface area contributed by atoms with Gasteiger partial charge in [0.05, 0.1) is 0 Å². The van der Waals surface area contributed by atoms with E-state index in [-0.39, 0.29) is 18.8 Å². The number of imidazole rings is 1. The van der Waals surface area contributed by atoms with Crippen LogP contribution in [0.25, 0.3) is 0 Å². The maximum absolute atomic E-state index is 12.4. The summed E-state index contributed by atoms with van der Waals surface area (Å²) in [5.74, 6) is -0.852. The van der Waals surface area contributed by atoms with Gasteiger partial charge in [0.25, 0.3) is 0 Å². The molecule has 0 saturated carbocycles. The zero-order valence-corrected chi connectivity index (χ0v) is 16.5. The quantitative estimate of drug-likeness (QED) is 0.630. The highest BCUT2D eigenvalue weighted by atomic mass is 32.1. The third kappa shape index (κ3) is 8.62. The van der Waals surface area contributed by atoms with Crippen LogP contribution >= 0.6 is 12.2 Å². The summed E-state index contributed by atoms with van der Waals surface area (Å²) in [4.78, 5) is 28.3. The van der Waals surface area contributed by atoms with Crippen molar-refractivity contribution in [2.24, 2.45) is 0 Å². The van der Waals surface area contributed by atoms with Crippen molar-refractivity contribution in [3.63, 3.8) is 0 Å². The Bertz CT molecular complexity index is 600. The number of ether oxygens (including phenoxy) is 2. The Morgan fingerprint density at radius 3 is 2.24 bits per heavy atom. The number of nitrogens with one attached hydrogen (secondary N) is 1. The van der Waals surface area contributed by atoms with Crippen molar-refractivity contribution in [1.82, 2.24) is 14.9 Å². The van der Waals surface area contributed by atoms with Gasteiger partial charge >= 0.3 is 11.9 Å². The van der Waals surface area contributed by atoms with Crippen molar-refractivity contribution in [2.45, 2.75) is 71.6 Å². The standard InChI is InChI=1S/C17H27N3O4S/c1-16(2,3)23-13(21)8-7-12(14(22)24-17(4,5)6)19-15(25)20-10-9-18-11-20/h9-12H,7-8H2,1-6H3,(H,19,25)/t12-/m0/s1. The fourth-order valence-corrected chi connectivity index (χ4v) is 2.13. The average Bonchev–Trinajstić information content (AvgIpc) is 2.93. The lowest BCUT2D eigenvalue weighted by molar-refractivity contribution is -0.158. The Balaban J connectivity index is 2.75. The number of hydrogen-bond donors (Lipinski definition) is 1. The average molecular weight is 369 g/mol. The van der Waals surface area contributed by atoms with Crippen molar-refractivity contribution >= 4 is 29.3 Å². The first-order valence-corrected chi connectivity index (χ1v) is 8.52. The van der Waals surface area contributed by atoms with Gasteiger partial charge < -0.3 is 14.8 Å². The molecule has 0 radical (unpaired) electrons. The Morgan fingerprint density at radius 2 is 1.76 bits per heavy atom. The molecule has 25 heavy (non-hydrogen) atoms. The molecular weight excluding hydrogens is 342 g/mol. The Hall–Kier alpha value is -1.96. The fourth-order valence-electron chi connectivity index (χ4n) is 1.88. The molecule has 0 spiro atoms. The molecule has 0 aliphatic heterocycles. The SMILES string of the molecule is CC(C)(C)OC(=O)CC[C@H](NC(=S)n1ccnc1)C(=O)OC(C)(C)C. The van der Waals surface area contributed by atoms with Crippen LogP contribution in [0.15, 0.2) is 18.7 Å². The second-order valence-corrected chi connectivity index (χ2v) is 8.02. The molecule has 140 valence electrons. The molecule has 0 unspecified atom stereocenters. The maximum atomic E-state index is 12.4. The number of rotatable bonds is 5. The lowest BCUT2D eigenvalue weighted by Gasteiger charge is -2.25. The summed E-state index contributed by atoms with van der Waals surface area (Å²) in [6.45, 7) is 10.7. The van der Waals surface area contributed by atoms with E-state index in [9.17, 15) is 9.59 Å². The fraction of sp³-hybridized carbons (Fsp3) is 0.647. The minimum absolute atomic E-state index is 0.0702. The van der Waals surface area contributed by atoms with E-state index in [0.717, 1.165) is 0 Å². The lowest BCUT2D eigenvalue weighted by atomic mass is 10.1. The normalized spacial score (nSPS) is 13.0. The highest BCUT2D eigenvalue weighted by Gasteiger charge is 2.27.